The summed E-state index contributed by atoms with van der Waals surface area (Å²) in [5.41, 5.74) is 1.04. The van der Waals surface area contributed by atoms with Crippen molar-refractivity contribution < 1.29 is 13.2 Å². The summed E-state index contributed by atoms with van der Waals surface area (Å²) in [4.78, 5) is 1.68. The molecule has 4 heteroatoms. The van der Waals surface area contributed by atoms with Crippen molar-refractivity contribution in [2.75, 3.05) is 14.1 Å². The van der Waals surface area contributed by atoms with Gasteiger partial charge in [-0.1, -0.05) is 0 Å². The van der Waals surface area contributed by atoms with Gasteiger partial charge in [-0.2, -0.15) is 13.2 Å². The highest BCUT2D eigenvalue weighted by molar-refractivity contribution is 5.08. The van der Waals surface area contributed by atoms with E-state index in [-0.39, 0.29) is 0 Å². The van der Waals surface area contributed by atoms with Gasteiger partial charge < -0.3 is 4.90 Å². The van der Waals surface area contributed by atoms with Crippen molar-refractivity contribution in [2.45, 2.75) is 26.4 Å². The van der Waals surface area contributed by atoms with Crippen LogP contribution < -0.4 is 0 Å². The Kier molecular flexibility index (Phi) is 6.98. The van der Waals surface area contributed by atoms with E-state index < -0.39 is 12.6 Å². The van der Waals surface area contributed by atoms with E-state index in [1.807, 2.05) is 0 Å². The first-order chi connectivity index (χ1) is 6.24. The van der Waals surface area contributed by atoms with E-state index in [0.717, 1.165) is 0 Å². The van der Waals surface area contributed by atoms with Gasteiger partial charge in [-0.3, -0.25) is 0 Å². The molecular weight excluding hydrogens is 191 g/mol. The van der Waals surface area contributed by atoms with Gasteiger partial charge in [0.1, 0.15) is 0 Å². The Labute approximate surface area is 83.6 Å². The Morgan fingerprint density at radius 2 is 1.50 bits per heavy atom. The predicted octanol–water partition coefficient (Wildman–Crippen LogP) is 3.04. The topological polar surface area (TPSA) is 3.24 Å². The van der Waals surface area contributed by atoms with Crippen LogP contribution >= 0.6 is 0 Å². The van der Waals surface area contributed by atoms with Gasteiger partial charge in [0.15, 0.2) is 0 Å². The van der Waals surface area contributed by atoms with Crippen LogP contribution in [0.2, 0.25) is 0 Å². The van der Waals surface area contributed by atoms with Crippen molar-refractivity contribution in [3.8, 4) is 12.8 Å². The summed E-state index contributed by atoms with van der Waals surface area (Å²) in [7, 11) is 3.46. The molecule has 0 aliphatic heterocycles. The number of nitrogens with zero attached hydrogens (tertiary/aromatic N) is 1. The van der Waals surface area contributed by atoms with Gasteiger partial charge in [0.05, 0.1) is 6.42 Å². The zero-order chi connectivity index (χ0) is 11.9. The largest absolute Gasteiger partial charge is 0.392 e. The summed E-state index contributed by atoms with van der Waals surface area (Å²) in [6.07, 6.45) is 3.08. The van der Waals surface area contributed by atoms with E-state index in [1.54, 1.807) is 25.9 Å². The van der Waals surface area contributed by atoms with Gasteiger partial charge in [0.25, 0.3) is 0 Å². The van der Waals surface area contributed by atoms with E-state index in [4.69, 9.17) is 0 Å². The Balaban J connectivity index is 0. The normalized spacial score (nSPS) is 12.4. The van der Waals surface area contributed by atoms with Crippen molar-refractivity contribution in [3.05, 3.63) is 11.3 Å². The first-order valence-electron chi connectivity index (χ1n) is 3.98. The minimum Gasteiger partial charge on any atom is -0.381 e. The van der Waals surface area contributed by atoms with Crippen LogP contribution in [0.25, 0.3) is 0 Å². The molecule has 14 heavy (non-hydrogen) atoms. The molecule has 0 saturated carbocycles. The SMILES string of the molecule is C#C.C/C(CC(F)(F)F)=C(\C)N(C)C. The highest BCUT2D eigenvalue weighted by Crippen LogP contribution is 2.25. The van der Waals surface area contributed by atoms with Gasteiger partial charge in [0.2, 0.25) is 0 Å². The molecule has 0 unspecified atom stereocenters. The van der Waals surface area contributed by atoms with Gasteiger partial charge in [-0.05, 0) is 19.4 Å². The Morgan fingerprint density at radius 1 is 1.14 bits per heavy atom. The smallest absolute Gasteiger partial charge is 0.381 e. The molecule has 0 aromatic heterocycles. The third-order valence-electron chi connectivity index (χ3n) is 1.75. The van der Waals surface area contributed by atoms with E-state index in [9.17, 15) is 13.2 Å². The second kappa shape index (κ2) is 6.36. The summed E-state index contributed by atoms with van der Waals surface area (Å²) >= 11 is 0. The number of rotatable bonds is 2. The predicted molar refractivity (Wildman–Crippen MR) is 52.6 cm³/mol. The fourth-order valence-electron chi connectivity index (χ4n) is 0.810. The Morgan fingerprint density at radius 3 is 1.71 bits per heavy atom. The van der Waals surface area contributed by atoms with E-state index in [2.05, 4.69) is 12.8 Å². The van der Waals surface area contributed by atoms with Crippen LogP contribution in [0.3, 0.4) is 0 Å². The lowest BCUT2D eigenvalue weighted by atomic mass is 10.1. The lowest BCUT2D eigenvalue weighted by Gasteiger charge is -2.17. The molecule has 1 nitrogen and oxygen atoms in total. The lowest BCUT2D eigenvalue weighted by Crippen LogP contribution is -2.14. The van der Waals surface area contributed by atoms with Crippen molar-refractivity contribution in [1.82, 2.24) is 4.90 Å². The lowest BCUT2D eigenvalue weighted by molar-refractivity contribution is -0.127. The molecule has 0 N–H and O–H groups in total. The van der Waals surface area contributed by atoms with Gasteiger partial charge >= 0.3 is 6.18 Å². The Bertz CT molecular complexity index is 211. The zero-order valence-electron chi connectivity index (χ0n) is 8.94. The van der Waals surface area contributed by atoms with Crippen molar-refractivity contribution in [2.24, 2.45) is 0 Å². The fraction of sp³-hybridized carbons (Fsp3) is 0.600. The molecule has 0 aliphatic rings. The highest BCUT2D eigenvalue weighted by Gasteiger charge is 2.28. The Hall–Kier alpha value is -1.11. The molecule has 0 bridgehead atoms. The van der Waals surface area contributed by atoms with E-state index in [1.165, 1.54) is 6.92 Å². The number of terminal acetylenes is 1. The summed E-state index contributed by atoms with van der Waals surface area (Å²) in [5.74, 6) is 0. The van der Waals surface area contributed by atoms with Crippen molar-refractivity contribution >= 4 is 0 Å². The second-order valence-corrected chi connectivity index (χ2v) is 3.05. The third kappa shape index (κ3) is 7.53. The summed E-state index contributed by atoms with van der Waals surface area (Å²) in [6.45, 7) is 3.18. The molecule has 0 aromatic carbocycles. The van der Waals surface area contributed by atoms with Crippen molar-refractivity contribution in [3.63, 3.8) is 0 Å². The second-order valence-electron chi connectivity index (χ2n) is 3.05. The minimum absolute atomic E-state index is 0.368. The molecule has 82 valence electrons. The van der Waals surface area contributed by atoms with Crippen LogP contribution in [-0.2, 0) is 0 Å². The van der Waals surface area contributed by atoms with Gasteiger partial charge in [0, 0.05) is 19.8 Å². The first-order valence-corrected chi connectivity index (χ1v) is 3.98. The number of alkyl halides is 3. The van der Waals surface area contributed by atoms with Crippen LogP contribution in [0.1, 0.15) is 20.3 Å². The minimum atomic E-state index is -4.10. The maximum Gasteiger partial charge on any atom is 0.392 e. The van der Waals surface area contributed by atoms with Gasteiger partial charge in [-0.15, -0.1) is 12.8 Å². The maximum atomic E-state index is 11.9. The van der Waals surface area contributed by atoms with Gasteiger partial charge in [-0.25, -0.2) is 0 Å². The summed E-state index contributed by atoms with van der Waals surface area (Å²) < 4.78 is 35.6. The standard InChI is InChI=1S/C8H14F3N.C2H2/c1-6(5-8(9,10)11)7(2)12(3)4;1-2/h5H2,1-4H3;1-2H/b7-6-;. The van der Waals surface area contributed by atoms with Crippen molar-refractivity contribution in [1.29, 1.82) is 0 Å². The average molecular weight is 207 g/mol. The molecule has 0 saturated heterocycles. The van der Waals surface area contributed by atoms with Crippen LogP contribution in [0, 0.1) is 12.8 Å². The first kappa shape index (κ1) is 15.4. The monoisotopic (exact) mass is 207 g/mol. The molecule has 0 aromatic rings. The molecule has 0 atom stereocenters. The molecule has 0 spiro atoms. The van der Waals surface area contributed by atoms with Crippen LogP contribution in [0.5, 0.6) is 0 Å². The van der Waals surface area contributed by atoms with Crippen LogP contribution in [-0.4, -0.2) is 25.2 Å². The quantitative estimate of drug-likeness (QED) is 0.629. The fourth-order valence-corrected chi connectivity index (χ4v) is 0.810. The summed E-state index contributed by atoms with van der Waals surface area (Å²) in [6, 6.07) is 0. The number of allylic oxidation sites excluding steroid dienone is 2. The van der Waals surface area contributed by atoms with Crippen LogP contribution in [0.4, 0.5) is 13.2 Å². The maximum absolute atomic E-state index is 11.9. The molecule has 0 heterocycles. The van der Waals surface area contributed by atoms with Crippen LogP contribution in [0.15, 0.2) is 11.3 Å². The number of halogens is 3. The molecule has 0 rings (SSSR count). The highest BCUT2D eigenvalue weighted by atomic mass is 19.4. The number of hydrogen-bond donors (Lipinski definition) is 0. The molecule has 0 aliphatic carbocycles. The molecular formula is C10H16F3N. The molecule has 0 amide bonds. The average Bonchev–Trinajstić information content (AvgIpc) is 2.03. The zero-order valence-corrected chi connectivity index (χ0v) is 8.94. The number of hydrogen-bond acceptors (Lipinski definition) is 1. The molecule has 0 fully saturated rings. The third-order valence-corrected chi connectivity index (χ3v) is 1.75. The van der Waals surface area contributed by atoms with E-state index >= 15 is 0 Å². The van der Waals surface area contributed by atoms with E-state index in [0.29, 0.717) is 11.3 Å². The molecule has 0 radical (unpaired) electrons. The summed E-state index contributed by atoms with van der Waals surface area (Å²) in [5, 5.41) is 0.